The van der Waals surface area contributed by atoms with Gasteiger partial charge in [0.15, 0.2) is 5.16 Å². The Kier molecular flexibility index (Phi) is 6.91. The number of aromatic nitrogens is 2. The molecule has 1 aliphatic rings. The van der Waals surface area contributed by atoms with E-state index < -0.39 is 0 Å². The van der Waals surface area contributed by atoms with Crippen LogP contribution in [0.25, 0.3) is 0 Å². The van der Waals surface area contributed by atoms with E-state index in [2.05, 4.69) is 28.8 Å². The average Bonchev–Trinajstić information content (AvgIpc) is 2.72. The zero-order chi connectivity index (χ0) is 20.1. The summed E-state index contributed by atoms with van der Waals surface area (Å²) in [6, 6.07) is 9.97. The van der Waals surface area contributed by atoms with E-state index in [1.54, 1.807) is 11.8 Å². The lowest BCUT2D eigenvalue weighted by Gasteiger charge is -2.32. The summed E-state index contributed by atoms with van der Waals surface area (Å²) in [4.78, 5) is 28.1. The third kappa shape index (κ3) is 5.23. The maximum atomic E-state index is 12.6. The third-order valence-corrected chi connectivity index (χ3v) is 5.84. The Bertz CT molecular complexity index is 801. The van der Waals surface area contributed by atoms with Gasteiger partial charge in [0.25, 0.3) is 5.91 Å². The lowest BCUT2D eigenvalue weighted by Crippen LogP contribution is -2.47. The molecule has 1 aromatic heterocycles. The van der Waals surface area contributed by atoms with E-state index in [9.17, 15) is 4.79 Å². The van der Waals surface area contributed by atoms with Crippen LogP contribution in [-0.4, -0.2) is 73.0 Å². The van der Waals surface area contributed by atoms with Gasteiger partial charge in [0.05, 0.1) is 0 Å². The number of hydrogen-bond acceptors (Lipinski definition) is 6. The Balaban J connectivity index is 1.62. The standard InChI is InChI=1S/C21H29N5OS/c1-5-18-14-19(24(2)3)23-21(22-18)28-15-16-6-8-17(9-7-16)20(27)26-12-10-25(4)11-13-26/h6-9,14H,5,10-13,15H2,1-4H3. The van der Waals surface area contributed by atoms with E-state index in [0.717, 1.165) is 66.1 Å². The molecule has 0 saturated carbocycles. The van der Waals surface area contributed by atoms with Crippen LogP contribution in [0.2, 0.25) is 0 Å². The van der Waals surface area contributed by atoms with E-state index in [0.29, 0.717) is 0 Å². The van der Waals surface area contributed by atoms with Crippen LogP contribution in [0.5, 0.6) is 0 Å². The van der Waals surface area contributed by atoms with Gasteiger partial charge in [-0.2, -0.15) is 0 Å². The fourth-order valence-corrected chi connectivity index (χ4v) is 3.85. The molecule has 150 valence electrons. The number of nitrogens with zero attached hydrogens (tertiary/aromatic N) is 5. The van der Waals surface area contributed by atoms with Gasteiger partial charge in [-0.25, -0.2) is 9.97 Å². The highest BCUT2D eigenvalue weighted by molar-refractivity contribution is 7.98. The molecule has 1 fully saturated rings. The van der Waals surface area contributed by atoms with Crippen molar-refractivity contribution >= 4 is 23.5 Å². The van der Waals surface area contributed by atoms with Gasteiger partial charge >= 0.3 is 0 Å². The second kappa shape index (κ2) is 9.39. The first-order valence-electron chi connectivity index (χ1n) is 9.71. The molecule has 2 heterocycles. The quantitative estimate of drug-likeness (QED) is 0.550. The molecule has 1 aromatic carbocycles. The van der Waals surface area contributed by atoms with Crippen LogP contribution in [0.15, 0.2) is 35.5 Å². The predicted molar refractivity (Wildman–Crippen MR) is 115 cm³/mol. The minimum atomic E-state index is 0.127. The molecule has 0 N–H and O–H groups in total. The summed E-state index contributed by atoms with van der Waals surface area (Å²) in [6.45, 7) is 5.57. The number of anilines is 1. The van der Waals surface area contributed by atoms with E-state index in [1.807, 2.05) is 54.2 Å². The van der Waals surface area contributed by atoms with Crippen molar-refractivity contribution in [3.63, 3.8) is 0 Å². The second-order valence-corrected chi connectivity index (χ2v) is 8.27. The predicted octanol–water partition coefficient (Wildman–Crippen LogP) is 2.78. The van der Waals surface area contributed by atoms with E-state index in [-0.39, 0.29) is 5.91 Å². The van der Waals surface area contributed by atoms with Gasteiger partial charge in [0, 0.05) is 63.4 Å². The molecule has 0 bridgehead atoms. The van der Waals surface area contributed by atoms with Crippen molar-refractivity contribution in [1.82, 2.24) is 19.8 Å². The molecule has 28 heavy (non-hydrogen) atoms. The van der Waals surface area contributed by atoms with Crippen molar-refractivity contribution in [2.24, 2.45) is 0 Å². The molecular weight excluding hydrogens is 370 g/mol. The summed E-state index contributed by atoms with van der Waals surface area (Å²) < 4.78 is 0. The van der Waals surface area contributed by atoms with Gasteiger partial charge < -0.3 is 14.7 Å². The average molecular weight is 400 g/mol. The molecule has 1 aliphatic heterocycles. The monoisotopic (exact) mass is 399 g/mol. The second-order valence-electron chi connectivity index (χ2n) is 7.33. The molecule has 0 spiro atoms. The first kappa shape index (κ1) is 20.6. The normalized spacial score (nSPS) is 14.9. The van der Waals surface area contributed by atoms with Crippen molar-refractivity contribution in [2.45, 2.75) is 24.3 Å². The molecule has 1 amide bonds. The summed E-state index contributed by atoms with van der Waals surface area (Å²) in [5.74, 6) is 1.84. The maximum absolute atomic E-state index is 12.6. The van der Waals surface area contributed by atoms with Gasteiger partial charge in [-0.1, -0.05) is 30.8 Å². The van der Waals surface area contributed by atoms with Crippen LogP contribution in [-0.2, 0) is 12.2 Å². The van der Waals surface area contributed by atoms with E-state index >= 15 is 0 Å². The van der Waals surface area contributed by atoms with Crippen molar-refractivity contribution in [1.29, 1.82) is 0 Å². The number of amides is 1. The largest absolute Gasteiger partial charge is 0.363 e. The lowest BCUT2D eigenvalue weighted by atomic mass is 10.1. The number of hydrogen-bond donors (Lipinski definition) is 0. The minimum Gasteiger partial charge on any atom is -0.363 e. The zero-order valence-electron chi connectivity index (χ0n) is 17.2. The zero-order valence-corrected chi connectivity index (χ0v) is 18.0. The molecular formula is C21H29N5OS. The SMILES string of the molecule is CCc1cc(N(C)C)nc(SCc2ccc(C(=O)N3CCN(C)CC3)cc2)n1. The molecule has 1 saturated heterocycles. The Labute approximate surface area is 172 Å². The lowest BCUT2D eigenvalue weighted by molar-refractivity contribution is 0.0664. The molecule has 7 heteroatoms. The summed E-state index contributed by atoms with van der Waals surface area (Å²) >= 11 is 1.63. The number of carbonyl (C=O) groups excluding carboxylic acids is 1. The Morgan fingerprint density at radius 1 is 1.11 bits per heavy atom. The molecule has 0 atom stereocenters. The molecule has 2 aromatic rings. The highest BCUT2D eigenvalue weighted by atomic mass is 32.2. The highest BCUT2D eigenvalue weighted by Gasteiger charge is 2.20. The van der Waals surface area contributed by atoms with Gasteiger partial charge in [-0.3, -0.25) is 4.79 Å². The first-order valence-corrected chi connectivity index (χ1v) is 10.7. The number of likely N-dealkylation sites (N-methyl/N-ethyl adjacent to an activating group) is 1. The molecule has 0 aliphatic carbocycles. The summed E-state index contributed by atoms with van der Waals surface area (Å²) in [5.41, 5.74) is 2.98. The fraction of sp³-hybridized carbons (Fsp3) is 0.476. The summed E-state index contributed by atoms with van der Waals surface area (Å²) in [5, 5.41) is 0.792. The van der Waals surface area contributed by atoms with Gasteiger partial charge in [0.1, 0.15) is 5.82 Å². The van der Waals surface area contributed by atoms with E-state index in [4.69, 9.17) is 0 Å². The van der Waals surface area contributed by atoms with Crippen molar-refractivity contribution < 1.29 is 4.79 Å². The van der Waals surface area contributed by atoms with Crippen LogP contribution in [0.3, 0.4) is 0 Å². The van der Waals surface area contributed by atoms with Crippen LogP contribution < -0.4 is 4.90 Å². The van der Waals surface area contributed by atoms with Crippen LogP contribution in [0, 0.1) is 0 Å². The first-order chi connectivity index (χ1) is 13.5. The number of benzene rings is 1. The summed E-state index contributed by atoms with van der Waals surface area (Å²) in [6.07, 6.45) is 0.889. The molecule has 3 rings (SSSR count). The van der Waals surface area contributed by atoms with Crippen molar-refractivity contribution in [3.8, 4) is 0 Å². The van der Waals surface area contributed by atoms with Gasteiger partial charge in [0.2, 0.25) is 0 Å². The van der Waals surface area contributed by atoms with E-state index in [1.165, 1.54) is 0 Å². The number of aryl methyl sites for hydroxylation is 1. The third-order valence-electron chi connectivity index (χ3n) is 4.92. The Hall–Kier alpha value is -2.12. The van der Waals surface area contributed by atoms with Gasteiger partial charge in [-0.15, -0.1) is 0 Å². The Morgan fingerprint density at radius 3 is 2.39 bits per heavy atom. The number of thioether (sulfide) groups is 1. The maximum Gasteiger partial charge on any atom is 0.253 e. The Morgan fingerprint density at radius 2 is 1.79 bits per heavy atom. The minimum absolute atomic E-state index is 0.127. The number of piperazine rings is 1. The molecule has 0 radical (unpaired) electrons. The van der Waals surface area contributed by atoms with Crippen LogP contribution in [0.4, 0.5) is 5.82 Å². The smallest absolute Gasteiger partial charge is 0.253 e. The van der Waals surface area contributed by atoms with Crippen LogP contribution >= 0.6 is 11.8 Å². The fourth-order valence-electron chi connectivity index (χ4n) is 3.02. The highest BCUT2D eigenvalue weighted by Crippen LogP contribution is 2.23. The topological polar surface area (TPSA) is 52.6 Å². The molecule has 0 unspecified atom stereocenters. The number of rotatable bonds is 6. The van der Waals surface area contributed by atoms with Gasteiger partial charge in [-0.05, 0) is 31.2 Å². The van der Waals surface area contributed by atoms with Crippen molar-refractivity contribution in [3.05, 3.63) is 47.2 Å². The van der Waals surface area contributed by atoms with Crippen molar-refractivity contribution in [2.75, 3.05) is 52.2 Å². The van der Waals surface area contributed by atoms with Crippen LogP contribution in [0.1, 0.15) is 28.5 Å². The molecule has 6 nitrogen and oxygen atoms in total. The number of carbonyl (C=O) groups is 1. The summed E-state index contributed by atoms with van der Waals surface area (Å²) in [7, 11) is 6.08.